The Hall–Kier alpha value is -2.77. The van der Waals surface area contributed by atoms with Gasteiger partial charge in [0.05, 0.1) is 11.7 Å². The van der Waals surface area contributed by atoms with E-state index in [4.69, 9.17) is 4.74 Å². The zero-order valence-corrected chi connectivity index (χ0v) is 15.7. The predicted octanol–water partition coefficient (Wildman–Crippen LogP) is 3.99. The first kappa shape index (κ1) is 20.0. The first-order valence-corrected chi connectivity index (χ1v) is 9.09. The smallest absolute Gasteiger partial charge is 0.416 e. The Morgan fingerprint density at radius 1 is 1.07 bits per heavy atom. The average molecular weight is 393 g/mol. The van der Waals surface area contributed by atoms with Crippen molar-refractivity contribution in [2.45, 2.75) is 26.1 Å². The van der Waals surface area contributed by atoms with Crippen LogP contribution in [0.1, 0.15) is 29.8 Å². The summed E-state index contributed by atoms with van der Waals surface area (Å²) in [5.41, 5.74) is 0.273. The van der Waals surface area contributed by atoms with E-state index in [2.05, 4.69) is 4.98 Å². The SMILES string of the molecule is CC(C)OC(=O)c1cccnc1N1CCN(c2cccc(C(F)(F)F)c2)CC1. The summed E-state index contributed by atoms with van der Waals surface area (Å²) in [6.07, 6.45) is -2.99. The summed E-state index contributed by atoms with van der Waals surface area (Å²) in [5.74, 6) is 0.107. The first-order chi connectivity index (χ1) is 13.3. The number of esters is 1. The standard InChI is InChI=1S/C20H22F3N3O2/c1-14(2)28-19(27)17-7-4-8-24-18(17)26-11-9-25(10-12-26)16-6-3-5-15(13-16)20(21,22)23/h3-8,13-14H,9-12H2,1-2H3. The highest BCUT2D eigenvalue weighted by molar-refractivity contribution is 5.94. The molecule has 1 aromatic heterocycles. The van der Waals surface area contributed by atoms with Crippen molar-refractivity contribution in [1.29, 1.82) is 0 Å². The molecule has 0 saturated carbocycles. The Kier molecular flexibility index (Phi) is 5.76. The van der Waals surface area contributed by atoms with Crippen LogP contribution in [0, 0.1) is 0 Å². The van der Waals surface area contributed by atoms with Gasteiger partial charge < -0.3 is 14.5 Å². The number of hydrogen-bond acceptors (Lipinski definition) is 5. The highest BCUT2D eigenvalue weighted by Crippen LogP contribution is 2.32. The van der Waals surface area contributed by atoms with E-state index in [1.54, 1.807) is 38.2 Å². The minimum absolute atomic E-state index is 0.238. The molecule has 1 aromatic carbocycles. The summed E-state index contributed by atoms with van der Waals surface area (Å²) >= 11 is 0. The summed E-state index contributed by atoms with van der Waals surface area (Å²) in [6.45, 7) is 5.68. The summed E-state index contributed by atoms with van der Waals surface area (Å²) < 4.78 is 44.1. The number of aromatic nitrogens is 1. The van der Waals surface area contributed by atoms with E-state index >= 15 is 0 Å². The van der Waals surface area contributed by atoms with E-state index in [-0.39, 0.29) is 6.10 Å². The predicted molar refractivity (Wildman–Crippen MR) is 101 cm³/mol. The number of anilines is 2. The number of nitrogens with zero attached hydrogens (tertiary/aromatic N) is 3. The van der Waals surface area contributed by atoms with Crippen LogP contribution >= 0.6 is 0 Å². The zero-order valence-electron chi connectivity index (χ0n) is 15.7. The molecule has 0 spiro atoms. The first-order valence-electron chi connectivity index (χ1n) is 9.09. The Labute approximate surface area is 161 Å². The average Bonchev–Trinajstić information content (AvgIpc) is 2.67. The fraction of sp³-hybridized carbons (Fsp3) is 0.400. The van der Waals surface area contributed by atoms with E-state index in [1.165, 1.54) is 12.1 Å². The molecule has 8 heteroatoms. The third-order valence-corrected chi connectivity index (χ3v) is 4.47. The molecule has 0 amide bonds. The van der Waals surface area contributed by atoms with Crippen molar-refractivity contribution in [2.75, 3.05) is 36.0 Å². The minimum Gasteiger partial charge on any atom is -0.459 e. The minimum atomic E-state index is -4.36. The van der Waals surface area contributed by atoms with Crippen LogP contribution in [-0.4, -0.2) is 43.2 Å². The van der Waals surface area contributed by atoms with Gasteiger partial charge in [-0.1, -0.05) is 6.07 Å². The van der Waals surface area contributed by atoms with Crippen LogP contribution in [-0.2, 0) is 10.9 Å². The molecule has 0 unspecified atom stereocenters. The Balaban J connectivity index is 1.72. The lowest BCUT2D eigenvalue weighted by Crippen LogP contribution is -2.47. The second kappa shape index (κ2) is 8.08. The lowest BCUT2D eigenvalue weighted by molar-refractivity contribution is -0.137. The van der Waals surface area contributed by atoms with Gasteiger partial charge in [0, 0.05) is 38.1 Å². The van der Waals surface area contributed by atoms with E-state index < -0.39 is 17.7 Å². The molecular weight excluding hydrogens is 371 g/mol. The van der Waals surface area contributed by atoms with Gasteiger partial charge in [0.1, 0.15) is 11.4 Å². The fourth-order valence-corrected chi connectivity index (χ4v) is 3.14. The topological polar surface area (TPSA) is 45.7 Å². The van der Waals surface area contributed by atoms with Crippen LogP contribution in [0.3, 0.4) is 0 Å². The number of halogens is 3. The number of rotatable bonds is 4. The van der Waals surface area contributed by atoms with Crippen LogP contribution in [0.25, 0.3) is 0 Å². The highest BCUT2D eigenvalue weighted by atomic mass is 19.4. The van der Waals surface area contributed by atoms with Gasteiger partial charge in [-0.25, -0.2) is 9.78 Å². The molecule has 1 aliphatic heterocycles. The van der Waals surface area contributed by atoms with Crippen LogP contribution in [0.2, 0.25) is 0 Å². The van der Waals surface area contributed by atoms with Crippen LogP contribution in [0.4, 0.5) is 24.7 Å². The molecule has 0 atom stereocenters. The number of benzene rings is 1. The molecule has 0 radical (unpaired) electrons. The number of piperazine rings is 1. The van der Waals surface area contributed by atoms with Crippen molar-refractivity contribution in [1.82, 2.24) is 4.98 Å². The number of alkyl halides is 3. The molecule has 1 fully saturated rings. The van der Waals surface area contributed by atoms with Gasteiger partial charge in [-0.05, 0) is 44.2 Å². The highest BCUT2D eigenvalue weighted by Gasteiger charge is 2.31. The lowest BCUT2D eigenvalue weighted by atomic mass is 10.1. The van der Waals surface area contributed by atoms with Crippen molar-refractivity contribution in [3.8, 4) is 0 Å². The van der Waals surface area contributed by atoms with Gasteiger partial charge >= 0.3 is 12.1 Å². The molecule has 2 aromatic rings. The number of carbonyl (C=O) groups is 1. The summed E-state index contributed by atoms with van der Waals surface area (Å²) in [6, 6.07) is 8.69. The summed E-state index contributed by atoms with van der Waals surface area (Å²) in [7, 11) is 0. The third-order valence-electron chi connectivity index (χ3n) is 4.47. The van der Waals surface area contributed by atoms with Crippen molar-refractivity contribution >= 4 is 17.5 Å². The number of hydrogen-bond donors (Lipinski definition) is 0. The van der Waals surface area contributed by atoms with Gasteiger partial charge in [-0.3, -0.25) is 0 Å². The molecule has 0 bridgehead atoms. The molecule has 0 N–H and O–H groups in total. The van der Waals surface area contributed by atoms with Gasteiger partial charge in [-0.2, -0.15) is 13.2 Å². The molecule has 150 valence electrons. The molecule has 5 nitrogen and oxygen atoms in total. The molecule has 0 aliphatic carbocycles. The monoisotopic (exact) mass is 393 g/mol. The third kappa shape index (κ3) is 4.55. The second-order valence-electron chi connectivity index (χ2n) is 6.85. The van der Waals surface area contributed by atoms with Crippen LogP contribution < -0.4 is 9.80 Å². The fourth-order valence-electron chi connectivity index (χ4n) is 3.14. The number of ether oxygens (including phenoxy) is 1. The van der Waals surface area contributed by atoms with Crippen LogP contribution in [0.5, 0.6) is 0 Å². The molecule has 3 rings (SSSR count). The quantitative estimate of drug-likeness (QED) is 0.735. The van der Waals surface area contributed by atoms with Crippen molar-refractivity contribution in [2.24, 2.45) is 0 Å². The second-order valence-corrected chi connectivity index (χ2v) is 6.85. The van der Waals surface area contributed by atoms with E-state index in [1.807, 2.05) is 9.80 Å². The molecule has 28 heavy (non-hydrogen) atoms. The van der Waals surface area contributed by atoms with Gasteiger partial charge in [0.25, 0.3) is 0 Å². The Bertz CT molecular complexity index is 831. The summed E-state index contributed by atoms with van der Waals surface area (Å²) in [5, 5.41) is 0. The van der Waals surface area contributed by atoms with Gasteiger partial charge in [0.2, 0.25) is 0 Å². The van der Waals surface area contributed by atoms with Gasteiger partial charge in [0.15, 0.2) is 0 Å². The summed E-state index contributed by atoms with van der Waals surface area (Å²) in [4.78, 5) is 20.5. The molecule has 1 aliphatic rings. The van der Waals surface area contributed by atoms with Gasteiger partial charge in [-0.15, -0.1) is 0 Å². The van der Waals surface area contributed by atoms with E-state index in [0.717, 1.165) is 6.07 Å². The Morgan fingerprint density at radius 3 is 2.39 bits per heavy atom. The Morgan fingerprint density at radius 2 is 1.75 bits per heavy atom. The molecular formula is C20H22F3N3O2. The maximum Gasteiger partial charge on any atom is 0.416 e. The normalized spacial score (nSPS) is 15.1. The molecule has 2 heterocycles. The van der Waals surface area contributed by atoms with E-state index in [9.17, 15) is 18.0 Å². The van der Waals surface area contributed by atoms with Crippen LogP contribution in [0.15, 0.2) is 42.6 Å². The van der Waals surface area contributed by atoms with E-state index in [0.29, 0.717) is 43.2 Å². The maximum atomic E-state index is 13.0. The van der Waals surface area contributed by atoms with Crippen molar-refractivity contribution < 1.29 is 22.7 Å². The lowest BCUT2D eigenvalue weighted by Gasteiger charge is -2.37. The zero-order chi connectivity index (χ0) is 20.3. The van der Waals surface area contributed by atoms with Crippen molar-refractivity contribution in [3.05, 3.63) is 53.7 Å². The maximum absolute atomic E-state index is 13.0. The number of pyridine rings is 1. The molecule has 1 saturated heterocycles. The largest absolute Gasteiger partial charge is 0.459 e. The number of carbonyl (C=O) groups excluding carboxylic acids is 1. The van der Waals surface area contributed by atoms with Crippen molar-refractivity contribution in [3.63, 3.8) is 0 Å².